The van der Waals surface area contributed by atoms with Gasteiger partial charge in [-0.05, 0) is 31.9 Å². The van der Waals surface area contributed by atoms with E-state index in [-0.39, 0.29) is 11.3 Å². The number of ether oxygens (including phenoxy) is 1. The third-order valence-electron chi connectivity index (χ3n) is 5.75. The summed E-state index contributed by atoms with van der Waals surface area (Å²) in [6, 6.07) is 10.2. The van der Waals surface area contributed by atoms with Crippen molar-refractivity contribution in [3.05, 3.63) is 46.5 Å². The van der Waals surface area contributed by atoms with E-state index < -0.39 is 0 Å². The van der Waals surface area contributed by atoms with Gasteiger partial charge in [-0.3, -0.25) is 9.48 Å². The largest absolute Gasteiger partial charge is 0.496 e. The van der Waals surface area contributed by atoms with Crippen LogP contribution in [0, 0.1) is 6.92 Å². The highest BCUT2D eigenvalue weighted by Crippen LogP contribution is 2.44. The molecule has 4 rings (SSSR count). The minimum atomic E-state index is -0.0452. The van der Waals surface area contributed by atoms with E-state index in [2.05, 4.69) is 22.5 Å². The molecule has 1 aliphatic carbocycles. The second-order valence-corrected chi connectivity index (χ2v) is 8.44. The minimum absolute atomic E-state index is 0.00299. The lowest BCUT2D eigenvalue weighted by Gasteiger charge is -2.31. The number of fused-ring (bicyclic) bond motifs is 1. The predicted octanol–water partition coefficient (Wildman–Crippen LogP) is 4.19. The molecule has 1 aromatic carbocycles. The molecule has 1 N–H and O–H groups in total. The Morgan fingerprint density at radius 2 is 2.07 bits per heavy atom. The predicted molar refractivity (Wildman–Crippen MR) is 109 cm³/mol. The van der Waals surface area contributed by atoms with Gasteiger partial charge in [0.2, 0.25) is 0 Å². The molecule has 0 aliphatic heterocycles. The number of carbonyl (C=O) groups excluding carboxylic acids is 1. The summed E-state index contributed by atoms with van der Waals surface area (Å²) < 4.78 is 7.46. The van der Waals surface area contributed by atoms with Crippen molar-refractivity contribution in [2.75, 3.05) is 13.7 Å². The molecule has 1 aliphatic rings. The molecule has 0 spiro atoms. The van der Waals surface area contributed by atoms with Crippen molar-refractivity contribution >= 4 is 27.5 Å². The van der Waals surface area contributed by atoms with E-state index in [1.807, 2.05) is 36.9 Å². The average molecular weight is 384 g/mol. The molecular weight excluding hydrogens is 358 g/mol. The third-order valence-corrected chi connectivity index (χ3v) is 6.95. The van der Waals surface area contributed by atoms with Crippen molar-refractivity contribution in [3.8, 4) is 5.75 Å². The van der Waals surface area contributed by atoms with Crippen LogP contribution in [0.4, 0.5) is 0 Å². The Morgan fingerprint density at radius 3 is 2.78 bits per heavy atom. The van der Waals surface area contributed by atoms with Crippen LogP contribution in [-0.4, -0.2) is 29.3 Å². The van der Waals surface area contributed by atoms with Gasteiger partial charge in [-0.25, -0.2) is 0 Å². The molecule has 6 heteroatoms. The highest BCUT2D eigenvalue weighted by atomic mass is 32.1. The summed E-state index contributed by atoms with van der Waals surface area (Å²) in [5.74, 6) is 0.911. The second-order valence-electron chi connectivity index (χ2n) is 7.41. The lowest BCUT2D eigenvalue weighted by atomic mass is 9.78. The SMILES string of the molecule is COc1ccccc1C1(CNC(=O)c2cc3c(C)nn(C)c3s2)CCCC1. The van der Waals surface area contributed by atoms with Crippen molar-refractivity contribution in [2.45, 2.75) is 38.0 Å². The normalized spacial score (nSPS) is 16.0. The van der Waals surface area contributed by atoms with Crippen molar-refractivity contribution < 1.29 is 9.53 Å². The fraction of sp³-hybridized carbons (Fsp3) is 0.429. The van der Waals surface area contributed by atoms with E-state index in [9.17, 15) is 4.79 Å². The Kier molecular flexibility index (Phi) is 4.68. The first-order valence-corrected chi connectivity index (χ1v) is 10.2. The topological polar surface area (TPSA) is 56.1 Å². The van der Waals surface area contributed by atoms with Gasteiger partial charge in [0.25, 0.3) is 5.91 Å². The molecule has 1 amide bonds. The molecular formula is C21H25N3O2S. The molecule has 2 aromatic heterocycles. The first-order valence-electron chi connectivity index (χ1n) is 9.39. The van der Waals surface area contributed by atoms with Gasteiger partial charge < -0.3 is 10.1 Å². The number of nitrogens with zero attached hydrogens (tertiary/aromatic N) is 2. The van der Waals surface area contributed by atoms with Crippen molar-refractivity contribution in [2.24, 2.45) is 7.05 Å². The van der Waals surface area contributed by atoms with Crippen LogP contribution in [0.3, 0.4) is 0 Å². The Bertz CT molecular complexity index is 948. The molecule has 0 radical (unpaired) electrons. The molecule has 0 unspecified atom stereocenters. The molecule has 2 heterocycles. The van der Waals surface area contributed by atoms with Gasteiger partial charge in [0.1, 0.15) is 10.6 Å². The van der Waals surface area contributed by atoms with Crippen LogP contribution in [0.2, 0.25) is 0 Å². The Balaban J connectivity index is 1.57. The van der Waals surface area contributed by atoms with Crippen LogP contribution in [0.25, 0.3) is 10.2 Å². The summed E-state index contributed by atoms with van der Waals surface area (Å²) in [6.45, 7) is 2.61. The first kappa shape index (κ1) is 18.0. The van der Waals surface area contributed by atoms with Crippen molar-refractivity contribution in [1.82, 2.24) is 15.1 Å². The number of benzene rings is 1. The van der Waals surface area contributed by atoms with E-state index in [1.165, 1.54) is 29.7 Å². The molecule has 142 valence electrons. The summed E-state index contributed by atoms with van der Waals surface area (Å²) in [6.07, 6.45) is 4.51. The Morgan fingerprint density at radius 1 is 1.33 bits per heavy atom. The quantitative estimate of drug-likeness (QED) is 0.719. The van der Waals surface area contributed by atoms with E-state index in [0.29, 0.717) is 6.54 Å². The number of aromatic nitrogens is 2. The van der Waals surface area contributed by atoms with Gasteiger partial charge >= 0.3 is 0 Å². The number of methoxy groups -OCH3 is 1. The fourth-order valence-electron chi connectivity index (χ4n) is 4.33. The highest BCUT2D eigenvalue weighted by Gasteiger charge is 2.38. The fourth-order valence-corrected chi connectivity index (χ4v) is 5.37. The van der Waals surface area contributed by atoms with Gasteiger partial charge in [0, 0.05) is 30.0 Å². The number of amides is 1. The maximum Gasteiger partial charge on any atom is 0.261 e. The average Bonchev–Trinajstić information content (AvgIpc) is 3.39. The zero-order valence-electron chi connectivity index (χ0n) is 16.0. The molecule has 3 aromatic rings. The van der Waals surface area contributed by atoms with Gasteiger partial charge in [-0.1, -0.05) is 31.0 Å². The molecule has 0 atom stereocenters. The van der Waals surface area contributed by atoms with Gasteiger partial charge in [0.15, 0.2) is 0 Å². The molecule has 27 heavy (non-hydrogen) atoms. The number of hydrogen-bond donors (Lipinski definition) is 1. The number of aryl methyl sites for hydroxylation is 2. The molecule has 0 saturated heterocycles. The zero-order valence-corrected chi connectivity index (χ0v) is 16.9. The summed E-state index contributed by atoms with van der Waals surface area (Å²) in [5, 5.41) is 8.68. The summed E-state index contributed by atoms with van der Waals surface area (Å²) >= 11 is 1.50. The number of nitrogens with one attached hydrogen (secondary N) is 1. The van der Waals surface area contributed by atoms with Crippen LogP contribution < -0.4 is 10.1 Å². The van der Waals surface area contributed by atoms with Crippen LogP contribution in [0.1, 0.15) is 46.6 Å². The number of hydrogen-bond acceptors (Lipinski definition) is 4. The number of para-hydroxylation sites is 1. The summed E-state index contributed by atoms with van der Waals surface area (Å²) in [5.41, 5.74) is 2.13. The number of carbonyl (C=O) groups is 1. The number of thiophene rings is 1. The van der Waals surface area contributed by atoms with E-state index in [1.54, 1.807) is 7.11 Å². The lowest BCUT2D eigenvalue weighted by Crippen LogP contribution is -2.39. The Labute approximate surface area is 163 Å². The summed E-state index contributed by atoms with van der Waals surface area (Å²) in [4.78, 5) is 14.6. The van der Waals surface area contributed by atoms with E-state index >= 15 is 0 Å². The molecule has 1 saturated carbocycles. The van der Waals surface area contributed by atoms with E-state index in [4.69, 9.17) is 4.74 Å². The maximum absolute atomic E-state index is 12.9. The monoisotopic (exact) mass is 383 g/mol. The van der Waals surface area contributed by atoms with Crippen molar-refractivity contribution in [3.63, 3.8) is 0 Å². The van der Waals surface area contributed by atoms with Crippen molar-refractivity contribution in [1.29, 1.82) is 0 Å². The molecule has 0 bridgehead atoms. The highest BCUT2D eigenvalue weighted by molar-refractivity contribution is 7.20. The smallest absolute Gasteiger partial charge is 0.261 e. The first-order chi connectivity index (χ1) is 13.0. The van der Waals surface area contributed by atoms with Gasteiger partial charge in [-0.2, -0.15) is 5.10 Å². The lowest BCUT2D eigenvalue weighted by molar-refractivity contribution is 0.0947. The second kappa shape index (κ2) is 7.00. The Hall–Kier alpha value is -2.34. The minimum Gasteiger partial charge on any atom is -0.496 e. The number of rotatable bonds is 5. The summed E-state index contributed by atoms with van der Waals surface area (Å²) in [7, 11) is 3.64. The van der Waals surface area contributed by atoms with Crippen LogP contribution in [0.15, 0.2) is 30.3 Å². The van der Waals surface area contributed by atoms with Crippen LogP contribution in [-0.2, 0) is 12.5 Å². The van der Waals surface area contributed by atoms with Crippen LogP contribution >= 0.6 is 11.3 Å². The zero-order chi connectivity index (χ0) is 19.0. The molecule has 1 fully saturated rings. The van der Waals surface area contributed by atoms with Gasteiger partial charge in [0.05, 0.1) is 17.7 Å². The maximum atomic E-state index is 12.9. The van der Waals surface area contributed by atoms with Gasteiger partial charge in [-0.15, -0.1) is 11.3 Å². The van der Waals surface area contributed by atoms with Crippen LogP contribution in [0.5, 0.6) is 5.75 Å². The standard InChI is InChI=1S/C21H25N3O2S/c1-14-15-12-18(27-20(15)24(2)23-14)19(25)22-13-21(10-6-7-11-21)16-8-4-5-9-17(16)26-3/h4-5,8-9,12H,6-7,10-11,13H2,1-3H3,(H,22,25). The third kappa shape index (κ3) is 3.12. The molecule has 5 nitrogen and oxygen atoms in total. The van der Waals surface area contributed by atoms with E-state index in [0.717, 1.165) is 39.4 Å².